The molecule has 2 heteroatoms. The normalized spacial score (nSPS) is 28.8. The molecule has 0 amide bonds. The predicted molar refractivity (Wildman–Crippen MR) is 48.7 cm³/mol. The molecule has 1 unspecified atom stereocenters. The molecule has 1 fully saturated rings. The van der Waals surface area contributed by atoms with Crippen LogP contribution in [0, 0.1) is 5.92 Å². The molecule has 1 atom stereocenters. The van der Waals surface area contributed by atoms with Gasteiger partial charge < -0.3 is 10.2 Å². The van der Waals surface area contributed by atoms with Crippen LogP contribution in [0.2, 0.25) is 0 Å². The van der Waals surface area contributed by atoms with Gasteiger partial charge in [0.1, 0.15) is 0 Å². The largest absolute Gasteiger partial charge is 0.365 e. The van der Waals surface area contributed by atoms with E-state index in [4.69, 9.17) is 0 Å². The zero-order chi connectivity index (χ0) is 9.03. The lowest BCUT2D eigenvalue weighted by Gasteiger charge is -2.35. The molecule has 2 N–H and O–H groups in total. The second-order valence-electron chi connectivity index (χ2n) is 3.96. The summed E-state index contributed by atoms with van der Waals surface area (Å²) in [6.45, 7) is 2.14. The van der Waals surface area contributed by atoms with E-state index in [1.165, 1.54) is 0 Å². The van der Waals surface area contributed by atoms with Crippen molar-refractivity contribution in [2.75, 3.05) is 0 Å². The van der Waals surface area contributed by atoms with Crippen molar-refractivity contribution in [3.63, 3.8) is 0 Å². The fourth-order valence-electron chi connectivity index (χ4n) is 2.04. The third-order valence-electron chi connectivity index (χ3n) is 2.91. The lowest BCUT2D eigenvalue weighted by atomic mass is 9.80. The first kappa shape index (κ1) is 10.0. The van der Waals surface area contributed by atoms with Crippen LogP contribution in [0.15, 0.2) is 0 Å². The predicted octanol–water partition coefficient (Wildman–Crippen LogP) is 2.05. The summed E-state index contributed by atoms with van der Waals surface area (Å²) in [4.78, 5) is 0. The van der Waals surface area contributed by atoms with Crippen LogP contribution < -0.4 is 0 Å². The first-order chi connectivity index (χ1) is 5.67. The van der Waals surface area contributed by atoms with Gasteiger partial charge in [0.2, 0.25) is 0 Å². The summed E-state index contributed by atoms with van der Waals surface area (Å²) >= 11 is 0. The van der Waals surface area contributed by atoms with Crippen LogP contribution >= 0.6 is 0 Å². The van der Waals surface area contributed by atoms with Crippen molar-refractivity contribution in [2.24, 2.45) is 5.92 Å². The molecule has 12 heavy (non-hydrogen) atoms. The summed E-state index contributed by atoms with van der Waals surface area (Å²) in [5.41, 5.74) is 0. The van der Waals surface area contributed by atoms with E-state index in [2.05, 4.69) is 6.92 Å². The molecule has 0 heterocycles. The number of rotatable bonds is 3. The van der Waals surface area contributed by atoms with Gasteiger partial charge in [0, 0.05) is 12.3 Å². The van der Waals surface area contributed by atoms with Crippen molar-refractivity contribution in [3.05, 3.63) is 0 Å². The Bertz CT molecular complexity index is 132. The molecule has 0 spiro atoms. The van der Waals surface area contributed by atoms with Gasteiger partial charge in [0.25, 0.3) is 0 Å². The van der Waals surface area contributed by atoms with Crippen LogP contribution in [0.3, 0.4) is 0 Å². The summed E-state index contributed by atoms with van der Waals surface area (Å²) in [6.07, 6.45) is 6.94. The van der Waals surface area contributed by atoms with Gasteiger partial charge in [-0.15, -0.1) is 0 Å². The summed E-state index contributed by atoms with van der Waals surface area (Å²) in [6, 6.07) is 0. The second-order valence-corrected chi connectivity index (χ2v) is 3.96. The highest BCUT2D eigenvalue weighted by Gasteiger charge is 2.35. The quantitative estimate of drug-likeness (QED) is 0.640. The fraction of sp³-hybridized carbons (Fsp3) is 1.00. The van der Waals surface area contributed by atoms with Crippen LogP contribution in [0.5, 0.6) is 0 Å². The Hall–Kier alpha value is -0.0800. The summed E-state index contributed by atoms with van der Waals surface area (Å²) < 4.78 is 0. The molecule has 0 bridgehead atoms. The fourth-order valence-corrected chi connectivity index (χ4v) is 2.04. The van der Waals surface area contributed by atoms with E-state index in [1.807, 2.05) is 0 Å². The molecule has 0 aromatic carbocycles. The topological polar surface area (TPSA) is 40.5 Å². The maximum Gasteiger partial charge on any atom is 0.165 e. The molecular weight excluding hydrogens is 152 g/mol. The van der Waals surface area contributed by atoms with E-state index in [9.17, 15) is 10.2 Å². The van der Waals surface area contributed by atoms with Gasteiger partial charge >= 0.3 is 0 Å². The smallest absolute Gasteiger partial charge is 0.165 e. The molecule has 72 valence electrons. The van der Waals surface area contributed by atoms with Crippen molar-refractivity contribution in [3.8, 4) is 0 Å². The molecule has 0 aromatic rings. The van der Waals surface area contributed by atoms with Crippen LogP contribution in [-0.4, -0.2) is 16.0 Å². The molecule has 0 saturated heterocycles. The van der Waals surface area contributed by atoms with Crippen molar-refractivity contribution in [1.29, 1.82) is 0 Å². The van der Waals surface area contributed by atoms with Crippen molar-refractivity contribution in [2.45, 2.75) is 57.7 Å². The summed E-state index contributed by atoms with van der Waals surface area (Å²) in [5.74, 6) is -1.22. The molecule has 0 radical (unpaired) electrons. The number of hydrogen-bond acceptors (Lipinski definition) is 2. The van der Waals surface area contributed by atoms with Crippen molar-refractivity contribution >= 4 is 0 Å². The van der Waals surface area contributed by atoms with E-state index in [0.717, 1.165) is 38.5 Å². The molecule has 1 rings (SSSR count). The van der Waals surface area contributed by atoms with Gasteiger partial charge in [-0.1, -0.05) is 26.2 Å². The van der Waals surface area contributed by atoms with Gasteiger partial charge in [-0.2, -0.15) is 0 Å². The Morgan fingerprint density at radius 3 is 2.67 bits per heavy atom. The Morgan fingerprint density at radius 1 is 1.33 bits per heavy atom. The molecule has 1 aliphatic rings. The Kier molecular flexibility index (Phi) is 3.53. The van der Waals surface area contributed by atoms with Crippen molar-refractivity contribution < 1.29 is 10.2 Å². The van der Waals surface area contributed by atoms with E-state index in [0.29, 0.717) is 6.42 Å². The molecule has 0 aliphatic heterocycles. The lowest BCUT2D eigenvalue weighted by molar-refractivity contribution is -0.218. The van der Waals surface area contributed by atoms with Crippen LogP contribution in [0.1, 0.15) is 51.9 Å². The van der Waals surface area contributed by atoms with Gasteiger partial charge in [-0.05, 0) is 19.3 Å². The third-order valence-corrected chi connectivity index (χ3v) is 2.91. The summed E-state index contributed by atoms with van der Waals surface area (Å²) in [5, 5.41) is 19.2. The van der Waals surface area contributed by atoms with E-state index in [1.54, 1.807) is 0 Å². The first-order valence-corrected chi connectivity index (χ1v) is 5.11. The minimum absolute atomic E-state index is 0.131. The van der Waals surface area contributed by atoms with Crippen LogP contribution in [0.25, 0.3) is 0 Å². The number of aliphatic hydroxyl groups is 2. The van der Waals surface area contributed by atoms with Crippen LogP contribution in [-0.2, 0) is 0 Å². The monoisotopic (exact) mass is 172 g/mol. The highest BCUT2D eigenvalue weighted by atomic mass is 16.5. The van der Waals surface area contributed by atoms with Gasteiger partial charge in [-0.25, -0.2) is 0 Å². The van der Waals surface area contributed by atoms with Crippen LogP contribution in [0.4, 0.5) is 0 Å². The number of hydrogen-bond donors (Lipinski definition) is 2. The average molecular weight is 172 g/mol. The minimum Gasteiger partial charge on any atom is -0.365 e. The summed E-state index contributed by atoms with van der Waals surface area (Å²) in [7, 11) is 0. The minimum atomic E-state index is -1.35. The van der Waals surface area contributed by atoms with Gasteiger partial charge in [0.05, 0.1) is 0 Å². The second kappa shape index (κ2) is 4.24. The zero-order valence-corrected chi connectivity index (χ0v) is 7.92. The van der Waals surface area contributed by atoms with E-state index >= 15 is 0 Å². The number of unbranched alkanes of at least 4 members (excludes halogenated alkanes) is 1. The molecule has 1 aliphatic carbocycles. The zero-order valence-electron chi connectivity index (χ0n) is 7.92. The Balaban J connectivity index is 2.37. The maximum atomic E-state index is 9.62. The lowest BCUT2D eigenvalue weighted by Crippen LogP contribution is -2.40. The van der Waals surface area contributed by atoms with E-state index < -0.39 is 5.79 Å². The Morgan fingerprint density at radius 2 is 2.08 bits per heavy atom. The van der Waals surface area contributed by atoms with Gasteiger partial charge in [-0.3, -0.25) is 0 Å². The first-order valence-electron chi connectivity index (χ1n) is 5.11. The third kappa shape index (κ3) is 2.46. The average Bonchev–Trinajstić information content (AvgIpc) is 2.02. The van der Waals surface area contributed by atoms with E-state index in [-0.39, 0.29) is 5.92 Å². The Labute approximate surface area is 74.6 Å². The highest BCUT2D eigenvalue weighted by molar-refractivity contribution is 4.80. The SMILES string of the molecule is CCCCC1CCCCC1(O)O. The highest BCUT2D eigenvalue weighted by Crippen LogP contribution is 2.34. The maximum absolute atomic E-state index is 9.62. The molecule has 1 saturated carbocycles. The molecular formula is C10H20O2. The standard InChI is InChI=1S/C10H20O2/c1-2-3-6-9-7-4-5-8-10(9,11)12/h9,11-12H,2-8H2,1H3. The van der Waals surface area contributed by atoms with Gasteiger partial charge in [0.15, 0.2) is 5.79 Å². The molecule has 2 nitrogen and oxygen atoms in total. The molecule has 0 aromatic heterocycles. The van der Waals surface area contributed by atoms with Crippen molar-refractivity contribution in [1.82, 2.24) is 0 Å².